The van der Waals surface area contributed by atoms with Crippen molar-refractivity contribution < 1.29 is 4.74 Å². The summed E-state index contributed by atoms with van der Waals surface area (Å²) in [5.41, 5.74) is 1.34. The SMILES string of the molecule is CCNC(COC)(c1nc2c(s1)CCCC2)C1CC1. The molecule has 0 saturated heterocycles. The first-order chi connectivity index (χ1) is 9.30. The first-order valence-corrected chi connectivity index (χ1v) is 8.35. The molecule has 0 spiro atoms. The molecule has 2 aliphatic carbocycles. The number of hydrogen-bond donors (Lipinski definition) is 1. The second-order valence-electron chi connectivity index (χ2n) is 5.80. The molecule has 1 fully saturated rings. The second kappa shape index (κ2) is 5.51. The molecule has 1 aromatic rings. The Hall–Kier alpha value is -0.450. The fourth-order valence-corrected chi connectivity index (χ4v) is 4.67. The molecule has 1 saturated carbocycles. The number of aromatic nitrogens is 1. The Morgan fingerprint density at radius 1 is 1.37 bits per heavy atom. The third-order valence-electron chi connectivity index (χ3n) is 4.37. The van der Waals surface area contributed by atoms with Crippen molar-refractivity contribution in [3.05, 3.63) is 15.6 Å². The summed E-state index contributed by atoms with van der Waals surface area (Å²) < 4.78 is 5.55. The fraction of sp³-hybridized carbons (Fsp3) is 0.800. The van der Waals surface area contributed by atoms with Crippen LogP contribution in [0.4, 0.5) is 0 Å². The van der Waals surface area contributed by atoms with E-state index in [1.54, 1.807) is 0 Å². The molecule has 106 valence electrons. The molecule has 19 heavy (non-hydrogen) atoms. The molecule has 1 atom stereocenters. The average Bonchev–Trinajstić information content (AvgIpc) is 3.17. The van der Waals surface area contributed by atoms with E-state index in [1.807, 2.05) is 18.4 Å². The number of hydrogen-bond acceptors (Lipinski definition) is 4. The summed E-state index contributed by atoms with van der Waals surface area (Å²) in [4.78, 5) is 6.53. The van der Waals surface area contributed by atoms with Crippen LogP contribution >= 0.6 is 11.3 Å². The minimum atomic E-state index is -0.0223. The molecule has 0 aromatic carbocycles. The summed E-state index contributed by atoms with van der Waals surface area (Å²) in [5, 5.41) is 4.99. The summed E-state index contributed by atoms with van der Waals surface area (Å²) in [6, 6.07) is 0. The zero-order valence-corrected chi connectivity index (χ0v) is 12.8. The van der Waals surface area contributed by atoms with Gasteiger partial charge in [0.15, 0.2) is 0 Å². The number of aryl methyl sites for hydroxylation is 2. The molecular formula is C15H24N2OS. The third kappa shape index (κ3) is 2.46. The second-order valence-corrected chi connectivity index (χ2v) is 6.89. The van der Waals surface area contributed by atoms with E-state index in [1.165, 1.54) is 54.1 Å². The topological polar surface area (TPSA) is 34.1 Å². The van der Waals surface area contributed by atoms with Gasteiger partial charge in [-0.05, 0) is 51.0 Å². The maximum Gasteiger partial charge on any atom is 0.116 e. The molecule has 3 rings (SSSR count). The van der Waals surface area contributed by atoms with Crippen LogP contribution in [-0.4, -0.2) is 25.2 Å². The minimum absolute atomic E-state index is 0.0223. The fourth-order valence-electron chi connectivity index (χ4n) is 3.29. The lowest BCUT2D eigenvalue weighted by Gasteiger charge is -2.32. The number of ether oxygens (including phenoxy) is 1. The van der Waals surface area contributed by atoms with Crippen molar-refractivity contribution in [2.45, 2.75) is 51.0 Å². The van der Waals surface area contributed by atoms with E-state index in [4.69, 9.17) is 9.72 Å². The van der Waals surface area contributed by atoms with Crippen LogP contribution in [0.15, 0.2) is 0 Å². The van der Waals surface area contributed by atoms with Crippen molar-refractivity contribution in [1.29, 1.82) is 0 Å². The first-order valence-electron chi connectivity index (χ1n) is 7.53. The van der Waals surface area contributed by atoms with Crippen molar-refractivity contribution in [2.24, 2.45) is 5.92 Å². The number of methoxy groups -OCH3 is 1. The Balaban J connectivity index is 1.95. The predicted octanol–water partition coefficient (Wildman–Crippen LogP) is 2.88. The summed E-state index contributed by atoms with van der Waals surface area (Å²) in [6.45, 7) is 3.91. The molecule has 0 aliphatic heterocycles. The molecule has 4 heteroatoms. The highest BCUT2D eigenvalue weighted by molar-refractivity contribution is 7.11. The van der Waals surface area contributed by atoms with Gasteiger partial charge in [0.2, 0.25) is 0 Å². The highest BCUT2D eigenvalue weighted by atomic mass is 32.1. The van der Waals surface area contributed by atoms with Crippen molar-refractivity contribution in [2.75, 3.05) is 20.3 Å². The lowest BCUT2D eigenvalue weighted by molar-refractivity contribution is 0.0936. The number of thiazole rings is 1. The van der Waals surface area contributed by atoms with Crippen LogP contribution in [0.2, 0.25) is 0 Å². The highest BCUT2D eigenvalue weighted by Gasteiger charge is 2.48. The van der Waals surface area contributed by atoms with E-state index in [9.17, 15) is 0 Å². The van der Waals surface area contributed by atoms with Crippen LogP contribution in [0, 0.1) is 5.92 Å². The Bertz CT molecular complexity index is 410. The van der Waals surface area contributed by atoms with E-state index < -0.39 is 0 Å². The van der Waals surface area contributed by atoms with Gasteiger partial charge in [-0.1, -0.05) is 6.92 Å². The molecule has 1 heterocycles. The van der Waals surface area contributed by atoms with Gasteiger partial charge in [0, 0.05) is 12.0 Å². The van der Waals surface area contributed by atoms with Gasteiger partial charge in [0.25, 0.3) is 0 Å². The van der Waals surface area contributed by atoms with Gasteiger partial charge < -0.3 is 10.1 Å². The van der Waals surface area contributed by atoms with Crippen LogP contribution in [0.1, 0.15) is 48.2 Å². The van der Waals surface area contributed by atoms with Crippen LogP contribution < -0.4 is 5.32 Å². The molecule has 1 unspecified atom stereocenters. The Kier molecular flexibility index (Phi) is 3.92. The van der Waals surface area contributed by atoms with Gasteiger partial charge in [-0.3, -0.25) is 0 Å². The summed E-state index contributed by atoms with van der Waals surface area (Å²) in [5.74, 6) is 0.708. The van der Waals surface area contributed by atoms with Gasteiger partial charge >= 0.3 is 0 Å². The monoisotopic (exact) mass is 280 g/mol. The van der Waals surface area contributed by atoms with Gasteiger partial charge in [0.1, 0.15) is 5.01 Å². The van der Waals surface area contributed by atoms with E-state index in [2.05, 4.69) is 12.2 Å². The zero-order chi connectivity index (χ0) is 13.3. The minimum Gasteiger partial charge on any atom is -0.382 e. The molecule has 0 radical (unpaired) electrons. The lowest BCUT2D eigenvalue weighted by Crippen LogP contribution is -2.48. The Morgan fingerprint density at radius 3 is 2.79 bits per heavy atom. The van der Waals surface area contributed by atoms with E-state index in [0.29, 0.717) is 5.92 Å². The Labute approximate surface area is 119 Å². The van der Waals surface area contributed by atoms with E-state index >= 15 is 0 Å². The lowest BCUT2D eigenvalue weighted by atomic mass is 9.94. The maximum absolute atomic E-state index is 5.55. The van der Waals surface area contributed by atoms with E-state index in [0.717, 1.165) is 13.2 Å². The predicted molar refractivity (Wildman–Crippen MR) is 78.7 cm³/mol. The van der Waals surface area contributed by atoms with Crippen LogP contribution in [0.3, 0.4) is 0 Å². The molecule has 2 aliphatic rings. The third-order valence-corrected chi connectivity index (χ3v) is 5.70. The summed E-state index contributed by atoms with van der Waals surface area (Å²) in [7, 11) is 1.81. The number of nitrogens with one attached hydrogen (secondary N) is 1. The van der Waals surface area contributed by atoms with Gasteiger partial charge in [-0.2, -0.15) is 0 Å². The van der Waals surface area contributed by atoms with Gasteiger partial charge in [-0.15, -0.1) is 11.3 Å². The molecule has 1 N–H and O–H groups in total. The number of nitrogens with zero attached hydrogens (tertiary/aromatic N) is 1. The number of rotatable bonds is 6. The number of likely N-dealkylation sites (N-methyl/N-ethyl adjacent to an activating group) is 1. The van der Waals surface area contributed by atoms with Crippen LogP contribution in [-0.2, 0) is 23.1 Å². The molecular weight excluding hydrogens is 256 g/mol. The largest absolute Gasteiger partial charge is 0.382 e. The van der Waals surface area contributed by atoms with Crippen molar-refractivity contribution in [3.8, 4) is 0 Å². The van der Waals surface area contributed by atoms with Crippen molar-refractivity contribution in [1.82, 2.24) is 10.3 Å². The molecule has 0 bridgehead atoms. The van der Waals surface area contributed by atoms with Gasteiger partial charge in [-0.25, -0.2) is 4.98 Å². The maximum atomic E-state index is 5.55. The van der Waals surface area contributed by atoms with Crippen molar-refractivity contribution in [3.63, 3.8) is 0 Å². The molecule has 0 amide bonds. The van der Waals surface area contributed by atoms with E-state index in [-0.39, 0.29) is 5.54 Å². The summed E-state index contributed by atoms with van der Waals surface area (Å²) in [6.07, 6.45) is 7.65. The standard InChI is InChI=1S/C15H24N2OS/c1-3-16-15(10-18-2,11-8-9-11)14-17-12-6-4-5-7-13(12)19-14/h11,16H,3-10H2,1-2H3. The van der Waals surface area contributed by atoms with Crippen molar-refractivity contribution >= 4 is 11.3 Å². The van der Waals surface area contributed by atoms with Crippen LogP contribution in [0.5, 0.6) is 0 Å². The normalized spacial score (nSPS) is 22.0. The van der Waals surface area contributed by atoms with Gasteiger partial charge in [0.05, 0.1) is 17.8 Å². The molecule has 1 aromatic heterocycles. The smallest absolute Gasteiger partial charge is 0.116 e. The average molecular weight is 280 g/mol. The molecule has 3 nitrogen and oxygen atoms in total. The Morgan fingerprint density at radius 2 is 2.16 bits per heavy atom. The zero-order valence-electron chi connectivity index (χ0n) is 12.0. The number of fused-ring (bicyclic) bond motifs is 1. The first kappa shape index (κ1) is 13.5. The quantitative estimate of drug-likeness (QED) is 0.870. The van der Waals surface area contributed by atoms with Crippen LogP contribution in [0.25, 0.3) is 0 Å². The highest BCUT2D eigenvalue weighted by Crippen LogP contribution is 2.47. The summed E-state index contributed by atoms with van der Waals surface area (Å²) >= 11 is 1.94.